The summed E-state index contributed by atoms with van der Waals surface area (Å²) in [6.45, 7) is 0.228. The van der Waals surface area contributed by atoms with Crippen LogP contribution in [0.1, 0.15) is 24.8 Å². The summed E-state index contributed by atoms with van der Waals surface area (Å²) < 4.78 is 34.2. The van der Waals surface area contributed by atoms with Crippen molar-refractivity contribution in [2.45, 2.75) is 44.8 Å². The Morgan fingerprint density at radius 1 is 1.24 bits per heavy atom. The van der Waals surface area contributed by atoms with E-state index in [-0.39, 0.29) is 19.0 Å². The molecule has 1 fully saturated rings. The summed E-state index contributed by atoms with van der Waals surface area (Å²) in [6.07, 6.45) is -0.276. The maximum absolute atomic E-state index is 13.9. The molecule has 134 valence electrons. The predicted octanol–water partition coefficient (Wildman–Crippen LogP) is 3.50. The zero-order valence-corrected chi connectivity index (χ0v) is 13.6. The second-order valence-corrected chi connectivity index (χ2v) is 6.14. The number of anilines is 1. The Morgan fingerprint density at radius 2 is 1.96 bits per heavy atom. The van der Waals surface area contributed by atoms with Gasteiger partial charge in [0.2, 0.25) is 0 Å². The number of carbonyl (C=O) groups excluding carboxylic acids is 1. The van der Waals surface area contributed by atoms with Crippen molar-refractivity contribution in [2.75, 3.05) is 5.32 Å². The van der Waals surface area contributed by atoms with Crippen LogP contribution >= 0.6 is 0 Å². The average molecular weight is 350 g/mol. The van der Waals surface area contributed by atoms with Gasteiger partial charge >= 0.3 is 6.09 Å². The van der Waals surface area contributed by atoms with Gasteiger partial charge in [0.25, 0.3) is 0 Å². The van der Waals surface area contributed by atoms with Crippen LogP contribution in [0.4, 0.5) is 19.4 Å². The van der Waals surface area contributed by atoms with Crippen LogP contribution in [-0.2, 0) is 17.9 Å². The second-order valence-electron chi connectivity index (χ2n) is 6.14. The van der Waals surface area contributed by atoms with Gasteiger partial charge in [0, 0.05) is 5.92 Å². The van der Waals surface area contributed by atoms with Crippen molar-refractivity contribution in [1.29, 1.82) is 0 Å². The number of hydrogen-bond acceptors (Lipinski definition) is 4. The molecule has 1 N–H and O–H groups in total. The summed E-state index contributed by atoms with van der Waals surface area (Å²) in [6, 6.07) is 9.26. The van der Waals surface area contributed by atoms with Crippen LogP contribution < -0.4 is 5.32 Å². The summed E-state index contributed by atoms with van der Waals surface area (Å²) in [5, 5.41) is 10.0. The first-order chi connectivity index (χ1) is 12.1. The molecule has 1 heterocycles. The van der Waals surface area contributed by atoms with Crippen molar-refractivity contribution in [2.24, 2.45) is 5.92 Å². The number of nitrogens with zero attached hydrogens (tertiary/aromatic N) is 3. The van der Waals surface area contributed by atoms with E-state index in [4.69, 9.17) is 4.74 Å². The highest BCUT2D eigenvalue weighted by atomic mass is 19.1. The Bertz CT molecular complexity index is 685. The minimum Gasteiger partial charge on any atom is -0.444 e. The normalized spacial score (nSPS) is 23.2. The van der Waals surface area contributed by atoms with Crippen LogP contribution in [0.2, 0.25) is 0 Å². The van der Waals surface area contributed by atoms with E-state index in [9.17, 15) is 13.6 Å². The van der Waals surface area contributed by atoms with Gasteiger partial charge in [-0.25, -0.2) is 18.3 Å². The number of alkyl halides is 2. The van der Waals surface area contributed by atoms with E-state index in [1.807, 2.05) is 30.3 Å². The number of ether oxygens (including phenoxy) is 1. The smallest absolute Gasteiger partial charge is 0.413 e. The number of benzene rings is 1. The van der Waals surface area contributed by atoms with E-state index >= 15 is 0 Å². The average Bonchev–Trinajstić information content (AvgIpc) is 3.04. The molecule has 1 aromatic carbocycles. The third-order valence-corrected chi connectivity index (χ3v) is 4.27. The van der Waals surface area contributed by atoms with Crippen molar-refractivity contribution in [3.05, 3.63) is 42.1 Å². The fourth-order valence-corrected chi connectivity index (χ4v) is 2.92. The van der Waals surface area contributed by atoms with Crippen LogP contribution in [0, 0.1) is 5.92 Å². The van der Waals surface area contributed by atoms with Gasteiger partial charge in [0.15, 0.2) is 5.82 Å². The first-order valence-corrected chi connectivity index (χ1v) is 8.28. The number of aromatic nitrogens is 3. The number of carbonyl (C=O) groups is 1. The predicted molar refractivity (Wildman–Crippen MR) is 87.4 cm³/mol. The van der Waals surface area contributed by atoms with E-state index in [2.05, 4.69) is 15.6 Å². The molecule has 1 aliphatic carbocycles. The number of halogens is 2. The first kappa shape index (κ1) is 17.3. The maximum Gasteiger partial charge on any atom is 0.413 e. The molecule has 0 bridgehead atoms. The zero-order valence-electron chi connectivity index (χ0n) is 13.6. The summed E-state index contributed by atoms with van der Waals surface area (Å²) in [5.41, 5.74) is 0.863. The molecular formula is C17H20F2N4O2. The highest BCUT2D eigenvalue weighted by molar-refractivity contribution is 5.82. The van der Waals surface area contributed by atoms with E-state index in [1.165, 1.54) is 10.9 Å². The molecule has 8 heteroatoms. The zero-order chi connectivity index (χ0) is 17.6. The third kappa shape index (κ3) is 4.74. The van der Waals surface area contributed by atoms with Crippen LogP contribution in [0.15, 0.2) is 36.5 Å². The first-order valence-electron chi connectivity index (χ1n) is 8.28. The topological polar surface area (TPSA) is 69.0 Å². The van der Waals surface area contributed by atoms with Crippen LogP contribution in [0.5, 0.6) is 0 Å². The Morgan fingerprint density at radius 3 is 2.68 bits per heavy atom. The quantitative estimate of drug-likeness (QED) is 0.896. The molecule has 0 aliphatic heterocycles. The lowest BCUT2D eigenvalue weighted by molar-refractivity contribution is 0.0612. The molecule has 2 aromatic rings. The van der Waals surface area contributed by atoms with Gasteiger partial charge in [0.1, 0.15) is 19.0 Å². The van der Waals surface area contributed by atoms with Gasteiger partial charge in [0.05, 0.1) is 12.7 Å². The SMILES string of the molecule is O=C(Nc1cn(CC2C(F)CCCC2F)nn1)OCc1ccccc1. The van der Waals surface area contributed by atoms with Gasteiger partial charge < -0.3 is 4.74 Å². The molecular weight excluding hydrogens is 330 g/mol. The summed E-state index contributed by atoms with van der Waals surface area (Å²) in [5.74, 6) is -0.548. The maximum atomic E-state index is 13.9. The molecule has 1 aliphatic rings. The number of nitrogens with one attached hydrogen (secondary N) is 1. The van der Waals surface area contributed by atoms with Crippen molar-refractivity contribution >= 4 is 11.9 Å². The molecule has 2 atom stereocenters. The lowest BCUT2D eigenvalue weighted by Gasteiger charge is -2.28. The van der Waals surface area contributed by atoms with E-state index in [1.54, 1.807) is 0 Å². The van der Waals surface area contributed by atoms with Gasteiger partial charge in [-0.1, -0.05) is 35.5 Å². The number of amides is 1. The summed E-state index contributed by atoms with van der Waals surface area (Å²) >= 11 is 0. The van der Waals surface area contributed by atoms with Crippen molar-refractivity contribution in [3.63, 3.8) is 0 Å². The van der Waals surface area contributed by atoms with Crippen LogP contribution in [-0.4, -0.2) is 33.4 Å². The Labute approximate surface area is 144 Å². The molecule has 0 saturated heterocycles. The fraction of sp³-hybridized carbons (Fsp3) is 0.471. The standard InChI is InChI=1S/C17H20F2N4O2/c18-14-7-4-8-15(19)13(14)9-23-10-16(21-22-23)20-17(24)25-11-12-5-2-1-3-6-12/h1-3,5-6,10,13-15H,4,7-9,11H2,(H,20,24). The van der Waals surface area contributed by atoms with Crippen LogP contribution in [0.25, 0.3) is 0 Å². The Kier molecular flexibility index (Phi) is 5.57. The summed E-state index contributed by atoms with van der Waals surface area (Å²) in [7, 11) is 0. The monoisotopic (exact) mass is 350 g/mol. The Hall–Kier alpha value is -2.51. The van der Waals surface area contributed by atoms with Crippen molar-refractivity contribution < 1.29 is 18.3 Å². The lowest BCUT2D eigenvalue weighted by atomic mass is 9.86. The van der Waals surface area contributed by atoms with Gasteiger partial charge in [-0.05, 0) is 24.8 Å². The molecule has 6 nitrogen and oxygen atoms in total. The number of hydrogen-bond donors (Lipinski definition) is 1. The molecule has 25 heavy (non-hydrogen) atoms. The van der Waals surface area contributed by atoms with Crippen molar-refractivity contribution in [1.82, 2.24) is 15.0 Å². The van der Waals surface area contributed by atoms with E-state index in [0.29, 0.717) is 19.3 Å². The van der Waals surface area contributed by atoms with E-state index < -0.39 is 24.4 Å². The molecule has 3 rings (SSSR count). The largest absolute Gasteiger partial charge is 0.444 e. The molecule has 1 saturated carbocycles. The Balaban J connectivity index is 1.50. The number of rotatable bonds is 5. The highest BCUT2D eigenvalue weighted by Gasteiger charge is 2.34. The van der Waals surface area contributed by atoms with Crippen molar-refractivity contribution in [3.8, 4) is 0 Å². The van der Waals surface area contributed by atoms with Gasteiger partial charge in [-0.3, -0.25) is 5.32 Å². The fourth-order valence-electron chi connectivity index (χ4n) is 2.92. The molecule has 2 unspecified atom stereocenters. The minimum atomic E-state index is -1.18. The molecule has 0 radical (unpaired) electrons. The second kappa shape index (κ2) is 8.04. The third-order valence-electron chi connectivity index (χ3n) is 4.27. The molecule has 1 aromatic heterocycles. The van der Waals surface area contributed by atoms with Gasteiger partial charge in [-0.2, -0.15) is 0 Å². The van der Waals surface area contributed by atoms with Crippen LogP contribution in [0.3, 0.4) is 0 Å². The molecule has 1 amide bonds. The minimum absolute atomic E-state index is 0.0933. The summed E-state index contributed by atoms with van der Waals surface area (Å²) in [4.78, 5) is 11.8. The molecule has 0 spiro atoms. The van der Waals surface area contributed by atoms with E-state index in [0.717, 1.165) is 5.56 Å². The lowest BCUT2D eigenvalue weighted by Crippen LogP contribution is -2.34. The van der Waals surface area contributed by atoms with Gasteiger partial charge in [-0.15, -0.1) is 5.10 Å². The highest BCUT2D eigenvalue weighted by Crippen LogP contribution is 2.30.